The quantitative estimate of drug-likeness (QED) is 0.619. The molecule has 0 aliphatic rings. The lowest BCUT2D eigenvalue weighted by Gasteiger charge is -2.13. The van der Waals surface area contributed by atoms with E-state index in [-0.39, 0.29) is 0 Å². The van der Waals surface area contributed by atoms with Crippen LogP contribution >= 0.6 is 0 Å². The van der Waals surface area contributed by atoms with Crippen LogP contribution in [-0.4, -0.2) is 50.6 Å². The number of carbonyl (C=O) groups excluding carboxylic acids is 4. The molecule has 1 aromatic carbocycles. The minimum absolute atomic E-state index is 0.342. The molecule has 1 rings (SSSR count). The van der Waals surface area contributed by atoms with Gasteiger partial charge >= 0.3 is 12.0 Å². The number of nitrogens with one attached hydrogen (secondary N) is 3. The normalized spacial score (nSPS) is 11.0. The molecule has 0 aliphatic heterocycles. The molecule has 0 heterocycles. The van der Waals surface area contributed by atoms with Gasteiger partial charge in [-0.15, -0.1) is 0 Å². The van der Waals surface area contributed by atoms with E-state index in [0.717, 1.165) is 0 Å². The van der Waals surface area contributed by atoms with Crippen molar-refractivity contribution in [2.75, 3.05) is 20.7 Å². The first-order valence-electron chi connectivity index (χ1n) is 7.01. The number of amides is 4. The van der Waals surface area contributed by atoms with Crippen LogP contribution in [0.25, 0.3) is 0 Å². The summed E-state index contributed by atoms with van der Waals surface area (Å²) in [6.45, 7) is 0.893. The Kier molecular flexibility index (Phi) is 7.21. The zero-order valence-corrected chi connectivity index (χ0v) is 13.5. The van der Waals surface area contributed by atoms with Gasteiger partial charge in [-0.2, -0.15) is 0 Å². The highest BCUT2D eigenvalue weighted by Crippen LogP contribution is 2.10. The van der Waals surface area contributed by atoms with Crippen molar-refractivity contribution in [2.24, 2.45) is 0 Å². The fourth-order valence-corrected chi connectivity index (χ4v) is 1.57. The van der Waals surface area contributed by atoms with Crippen molar-refractivity contribution in [1.29, 1.82) is 0 Å². The van der Waals surface area contributed by atoms with Gasteiger partial charge in [-0.3, -0.25) is 19.7 Å². The molecule has 0 saturated carbocycles. The Balaban J connectivity index is 2.43. The van der Waals surface area contributed by atoms with Gasteiger partial charge in [0, 0.05) is 12.6 Å². The lowest BCUT2D eigenvalue weighted by Crippen LogP contribution is -2.44. The fraction of sp³-hybridized carbons (Fsp3) is 0.333. The monoisotopic (exact) mass is 337 g/mol. The van der Waals surface area contributed by atoms with Gasteiger partial charge in [0.25, 0.3) is 11.8 Å². The summed E-state index contributed by atoms with van der Waals surface area (Å²) in [5.41, 5.74) is 0.342. The summed E-state index contributed by atoms with van der Waals surface area (Å²) < 4.78 is 9.79. The van der Waals surface area contributed by atoms with Crippen LogP contribution in [0.15, 0.2) is 24.3 Å². The third-order valence-corrected chi connectivity index (χ3v) is 2.89. The van der Waals surface area contributed by atoms with Crippen LogP contribution in [0.5, 0.6) is 5.75 Å². The molecular weight excluding hydrogens is 318 g/mol. The van der Waals surface area contributed by atoms with Crippen molar-refractivity contribution in [3.8, 4) is 5.75 Å². The summed E-state index contributed by atoms with van der Waals surface area (Å²) in [5, 5.41) is 6.53. The van der Waals surface area contributed by atoms with Gasteiger partial charge in [-0.25, -0.2) is 4.79 Å². The van der Waals surface area contributed by atoms with Crippen molar-refractivity contribution in [1.82, 2.24) is 16.0 Å². The molecule has 0 unspecified atom stereocenters. The smallest absolute Gasteiger partial charge is 0.326 e. The van der Waals surface area contributed by atoms with E-state index in [1.165, 1.54) is 21.1 Å². The molecule has 0 radical (unpaired) electrons. The largest absolute Gasteiger partial charge is 0.497 e. The van der Waals surface area contributed by atoms with Gasteiger partial charge < -0.3 is 20.1 Å². The molecule has 130 valence electrons. The first-order chi connectivity index (χ1) is 11.4. The first-order valence-corrected chi connectivity index (χ1v) is 7.01. The lowest BCUT2D eigenvalue weighted by atomic mass is 10.2. The van der Waals surface area contributed by atoms with E-state index in [1.54, 1.807) is 24.3 Å². The molecular formula is C15H19N3O6. The average Bonchev–Trinajstić information content (AvgIpc) is 2.59. The third kappa shape index (κ3) is 5.95. The molecule has 24 heavy (non-hydrogen) atoms. The maximum absolute atomic E-state index is 11.9. The summed E-state index contributed by atoms with van der Waals surface area (Å²) in [6.07, 6.45) is -1.17. The van der Waals surface area contributed by atoms with Gasteiger partial charge in [0.05, 0.1) is 7.11 Å². The van der Waals surface area contributed by atoms with Crippen LogP contribution in [0.2, 0.25) is 0 Å². The van der Waals surface area contributed by atoms with E-state index in [9.17, 15) is 19.2 Å². The fourth-order valence-electron chi connectivity index (χ4n) is 1.57. The summed E-state index contributed by atoms with van der Waals surface area (Å²) in [7, 11) is 2.85. The Morgan fingerprint density at radius 1 is 1.12 bits per heavy atom. The minimum Gasteiger partial charge on any atom is -0.497 e. The van der Waals surface area contributed by atoms with Crippen molar-refractivity contribution < 1.29 is 28.7 Å². The SMILES string of the molecule is CNC(=O)NC(=O)[C@@H](C)OC(=O)CNC(=O)c1ccc(OC)cc1. The highest BCUT2D eigenvalue weighted by molar-refractivity contribution is 5.98. The standard InChI is InChI=1S/C15H19N3O6/c1-9(13(20)18-15(22)16-2)24-12(19)8-17-14(21)10-4-6-11(23-3)7-5-10/h4-7,9H,8H2,1-3H3,(H,17,21)(H2,16,18,20,22)/t9-/m1/s1. The summed E-state index contributed by atoms with van der Waals surface area (Å²) in [6, 6.07) is 5.59. The van der Waals surface area contributed by atoms with Crippen molar-refractivity contribution in [3.63, 3.8) is 0 Å². The predicted molar refractivity (Wildman–Crippen MR) is 83.5 cm³/mol. The highest BCUT2D eigenvalue weighted by atomic mass is 16.5. The van der Waals surface area contributed by atoms with E-state index in [0.29, 0.717) is 11.3 Å². The summed E-state index contributed by atoms with van der Waals surface area (Å²) >= 11 is 0. The molecule has 9 heteroatoms. The summed E-state index contributed by atoms with van der Waals surface area (Å²) in [5.74, 6) is -1.46. The molecule has 0 aliphatic carbocycles. The predicted octanol–water partition coefficient (Wildman–Crippen LogP) is -0.188. The van der Waals surface area contributed by atoms with Crippen LogP contribution in [0.1, 0.15) is 17.3 Å². The van der Waals surface area contributed by atoms with E-state index >= 15 is 0 Å². The van der Waals surface area contributed by atoms with Crippen LogP contribution < -0.4 is 20.7 Å². The van der Waals surface area contributed by atoms with Crippen LogP contribution in [0.3, 0.4) is 0 Å². The zero-order chi connectivity index (χ0) is 18.1. The second-order valence-corrected chi connectivity index (χ2v) is 4.61. The molecule has 0 aromatic heterocycles. The number of urea groups is 1. The second-order valence-electron chi connectivity index (χ2n) is 4.61. The number of benzene rings is 1. The van der Waals surface area contributed by atoms with Gasteiger partial charge in [-0.1, -0.05) is 0 Å². The number of methoxy groups -OCH3 is 1. The number of rotatable bonds is 6. The number of imide groups is 1. The number of carbonyl (C=O) groups is 4. The molecule has 3 N–H and O–H groups in total. The van der Waals surface area contributed by atoms with E-state index in [4.69, 9.17) is 9.47 Å². The van der Waals surface area contributed by atoms with E-state index in [2.05, 4.69) is 10.6 Å². The van der Waals surface area contributed by atoms with Crippen molar-refractivity contribution in [2.45, 2.75) is 13.0 Å². The van der Waals surface area contributed by atoms with E-state index in [1.807, 2.05) is 5.32 Å². The van der Waals surface area contributed by atoms with Crippen LogP contribution in [0.4, 0.5) is 4.79 Å². The zero-order valence-electron chi connectivity index (χ0n) is 13.5. The van der Waals surface area contributed by atoms with Gasteiger partial charge in [0.2, 0.25) is 0 Å². The average molecular weight is 337 g/mol. The topological polar surface area (TPSA) is 123 Å². The third-order valence-electron chi connectivity index (χ3n) is 2.89. The van der Waals surface area contributed by atoms with Gasteiger partial charge in [-0.05, 0) is 31.2 Å². The molecule has 0 fully saturated rings. The molecule has 1 aromatic rings. The molecule has 4 amide bonds. The molecule has 0 saturated heterocycles. The Labute approximate surface area is 138 Å². The molecule has 0 spiro atoms. The highest BCUT2D eigenvalue weighted by Gasteiger charge is 2.19. The van der Waals surface area contributed by atoms with Crippen molar-refractivity contribution >= 4 is 23.8 Å². The second kappa shape index (κ2) is 9.13. The van der Waals surface area contributed by atoms with Crippen LogP contribution in [-0.2, 0) is 14.3 Å². The Bertz CT molecular complexity index is 614. The molecule has 9 nitrogen and oxygen atoms in total. The maximum Gasteiger partial charge on any atom is 0.326 e. The van der Waals surface area contributed by atoms with Gasteiger partial charge in [0.15, 0.2) is 6.10 Å². The van der Waals surface area contributed by atoms with Crippen molar-refractivity contribution in [3.05, 3.63) is 29.8 Å². The van der Waals surface area contributed by atoms with Crippen LogP contribution in [0, 0.1) is 0 Å². The Morgan fingerprint density at radius 2 is 1.75 bits per heavy atom. The number of hydrogen-bond acceptors (Lipinski definition) is 6. The van der Waals surface area contributed by atoms with Gasteiger partial charge in [0.1, 0.15) is 12.3 Å². The maximum atomic E-state index is 11.9. The molecule has 0 bridgehead atoms. The number of ether oxygens (including phenoxy) is 2. The Morgan fingerprint density at radius 3 is 2.29 bits per heavy atom. The first kappa shape index (κ1) is 18.9. The number of hydrogen-bond donors (Lipinski definition) is 3. The van der Waals surface area contributed by atoms with E-state index < -0.39 is 36.5 Å². The minimum atomic E-state index is -1.17. The summed E-state index contributed by atoms with van der Waals surface area (Å²) in [4.78, 5) is 46.0. The number of esters is 1. The molecule has 1 atom stereocenters. The Hall–Kier alpha value is -3.10. The lowest BCUT2D eigenvalue weighted by molar-refractivity contribution is -0.153.